The molecule has 0 fully saturated rings. The summed E-state index contributed by atoms with van der Waals surface area (Å²) in [6.45, 7) is 0.576. The third-order valence-electron chi connectivity index (χ3n) is 5.46. The number of fused-ring (bicyclic) bond motifs is 1. The standard InChI is InChI=1S/C24H24N4O5/c1-32-17-10-9-16(20(14-17)33-2)15-28-21(11-12-25-28)26-22(29)8-5-13-27-23(30)18-6-3-4-7-19(18)24(27)31/h3-4,6-7,9-12,14H,5,8,13,15H2,1-2H3,(H,26,29). The second kappa shape index (κ2) is 9.56. The summed E-state index contributed by atoms with van der Waals surface area (Å²) in [6, 6.07) is 13.9. The number of anilines is 1. The van der Waals surface area contributed by atoms with Crippen LogP contribution in [0, 0.1) is 0 Å². The summed E-state index contributed by atoms with van der Waals surface area (Å²) in [6.07, 6.45) is 2.12. The van der Waals surface area contributed by atoms with Gasteiger partial charge < -0.3 is 14.8 Å². The maximum absolute atomic E-state index is 12.5. The van der Waals surface area contributed by atoms with Gasteiger partial charge in [0, 0.05) is 30.7 Å². The topological polar surface area (TPSA) is 103 Å². The molecule has 9 nitrogen and oxygen atoms in total. The first kappa shape index (κ1) is 22.1. The molecule has 4 rings (SSSR count). The van der Waals surface area contributed by atoms with E-state index in [-0.39, 0.29) is 30.7 Å². The van der Waals surface area contributed by atoms with Gasteiger partial charge in [0.2, 0.25) is 5.91 Å². The van der Waals surface area contributed by atoms with Crippen molar-refractivity contribution in [2.24, 2.45) is 0 Å². The molecule has 3 amide bonds. The number of nitrogens with zero attached hydrogens (tertiary/aromatic N) is 3. The molecule has 0 saturated heterocycles. The number of imide groups is 1. The molecular weight excluding hydrogens is 424 g/mol. The van der Waals surface area contributed by atoms with E-state index in [4.69, 9.17) is 9.47 Å². The fourth-order valence-corrected chi connectivity index (χ4v) is 3.75. The molecule has 2 aromatic carbocycles. The number of hydrogen-bond donors (Lipinski definition) is 1. The predicted octanol–water partition coefficient (Wildman–Crippen LogP) is 2.96. The Morgan fingerprint density at radius 3 is 2.39 bits per heavy atom. The van der Waals surface area contributed by atoms with E-state index in [2.05, 4.69) is 10.4 Å². The van der Waals surface area contributed by atoms with Crippen molar-refractivity contribution in [3.05, 3.63) is 71.4 Å². The van der Waals surface area contributed by atoms with Crippen LogP contribution in [0.3, 0.4) is 0 Å². The van der Waals surface area contributed by atoms with Crippen LogP contribution >= 0.6 is 0 Å². The van der Waals surface area contributed by atoms with Gasteiger partial charge in [0.05, 0.1) is 38.1 Å². The molecule has 0 radical (unpaired) electrons. The van der Waals surface area contributed by atoms with Crippen molar-refractivity contribution in [3.8, 4) is 11.5 Å². The second-order valence-corrected chi connectivity index (χ2v) is 7.51. The third kappa shape index (κ3) is 4.57. The largest absolute Gasteiger partial charge is 0.497 e. The van der Waals surface area contributed by atoms with E-state index in [0.717, 1.165) is 5.56 Å². The van der Waals surface area contributed by atoms with Crippen LogP contribution in [0.4, 0.5) is 5.82 Å². The molecule has 1 N–H and O–H groups in total. The van der Waals surface area contributed by atoms with Crippen LogP contribution in [0.25, 0.3) is 0 Å². The molecule has 3 aromatic rings. The summed E-state index contributed by atoms with van der Waals surface area (Å²) in [5.74, 6) is 1.02. The number of ether oxygens (including phenoxy) is 2. The van der Waals surface area contributed by atoms with E-state index in [9.17, 15) is 14.4 Å². The molecule has 0 spiro atoms. The molecule has 0 saturated carbocycles. The summed E-state index contributed by atoms with van der Waals surface area (Å²) in [7, 11) is 3.17. The fourth-order valence-electron chi connectivity index (χ4n) is 3.75. The number of aromatic nitrogens is 2. The number of carbonyl (C=O) groups is 3. The maximum Gasteiger partial charge on any atom is 0.261 e. The number of rotatable bonds is 9. The monoisotopic (exact) mass is 448 g/mol. The molecule has 0 aliphatic carbocycles. The van der Waals surface area contributed by atoms with E-state index >= 15 is 0 Å². The molecule has 33 heavy (non-hydrogen) atoms. The number of hydrogen-bond acceptors (Lipinski definition) is 6. The average Bonchev–Trinajstić information content (AvgIpc) is 3.36. The fraction of sp³-hybridized carbons (Fsp3) is 0.250. The minimum Gasteiger partial charge on any atom is -0.497 e. The highest BCUT2D eigenvalue weighted by Crippen LogP contribution is 2.26. The van der Waals surface area contributed by atoms with Crippen molar-refractivity contribution in [1.82, 2.24) is 14.7 Å². The van der Waals surface area contributed by atoms with E-state index in [1.54, 1.807) is 61.5 Å². The van der Waals surface area contributed by atoms with Crippen molar-refractivity contribution in [3.63, 3.8) is 0 Å². The Morgan fingerprint density at radius 1 is 1.00 bits per heavy atom. The number of amides is 3. The smallest absolute Gasteiger partial charge is 0.261 e. The molecule has 1 aliphatic rings. The highest BCUT2D eigenvalue weighted by molar-refractivity contribution is 6.21. The zero-order valence-electron chi connectivity index (χ0n) is 18.4. The van der Waals surface area contributed by atoms with Crippen molar-refractivity contribution >= 4 is 23.5 Å². The van der Waals surface area contributed by atoms with Crippen molar-refractivity contribution in [1.29, 1.82) is 0 Å². The van der Waals surface area contributed by atoms with Crippen molar-refractivity contribution < 1.29 is 23.9 Å². The molecule has 2 heterocycles. The maximum atomic E-state index is 12.5. The normalized spacial score (nSPS) is 12.6. The summed E-state index contributed by atoms with van der Waals surface area (Å²) >= 11 is 0. The average molecular weight is 448 g/mol. The zero-order valence-corrected chi connectivity index (χ0v) is 18.4. The quantitative estimate of drug-likeness (QED) is 0.505. The Morgan fingerprint density at radius 2 is 1.73 bits per heavy atom. The van der Waals surface area contributed by atoms with Gasteiger partial charge in [-0.2, -0.15) is 5.10 Å². The molecule has 0 atom stereocenters. The highest BCUT2D eigenvalue weighted by atomic mass is 16.5. The zero-order chi connectivity index (χ0) is 23.4. The SMILES string of the molecule is COc1ccc(Cn2nccc2NC(=O)CCCN2C(=O)c3ccccc3C2=O)c(OC)c1. The van der Waals surface area contributed by atoms with Crippen LogP contribution in [0.5, 0.6) is 11.5 Å². The Hall–Kier alpha value is -4.14. The van der Waals surface area contributed by atoms with Gasteiger partial charge in [0.1, 0.15) is 17.3 Å². The van der Waals surface area contributed by atoms with Crippen LogP contribution in [0.15, 0.2) is 54.7 Å². The Labute approximate surface area is 190 Å². The van der Waals surface area contributed by atoms with Gasteiger partial charge in [-0.3, -0.25) is 19.3 Å². The Bertz CT molecular complexity index is 1170. The lowest BCUT2D eigenvalue weighted by molar-refractivity contribution is -0.116. The highest BCUT2D eigenvalue weighted by Gasteiger charge is 2.34. The van der Waals surface area contributed by atoms with E-state index < -0.39 is 0 Å². The minimum atomic E-state index is -0.317. The summed E-state index contributed by atoms with van der Waals surface area (Å²) < 4.78 is 12.3. The van der Waals surface area contributed by atoms with Crippen LogP contribution < -0.4 is 14.8 Å². The lowest BCUT2D eigenvalue weighted by atomic mass is 10.1. The van der Waals surface area contributed by atoms with Crippen molar-refractivity contribution in [2.45, 2.75) is 19.4 Å². The summed E-state index contributed by atoms with van der Waals surface area (Å²) in [4.78, 5) is 38.5. The first-order valence-corrected chi connectivity index (χ1v) is 10.5. The lowest BCUT2D eigenvalue weighted by Gasteiger charge is -2.14. The Balaban J connectivity index is 1.33. The molecule has 0 bridgehead atoms. The number of methoxy groups -OCH3 is 2. The van der Waals surface area contributed by atoms with Gasteiger partial charge in [0.25, 0.3) is 11.8 Å². The first-order chi connectivity index (χ1) is 16.0. The van der Waals surface area contributed by atoms with Gasteiger partial charge >= 0.3 is 0 Å². The minimum absolute atomic E-state index is 0.157. The molecular formula is C24H24N4O5. The van der Waals surface area contributed by atoms with Gasteiger partial charge in [-0.1, -0.05) is 12.1 Å². The number of benzene rings is 2. The van der Waals surface area contributed by atoms with Gasteiger partial charge in [-0.15, -0.1) is 0 Å². The van der Waals surface area contributed by atoms with E-state index in [1.165, 1.54) is 4.90 Å². The molecule has 1 aliphatic heterocycles. The number of carbonyl (C=O) groups excluding carboxylic acids is 3. The van der Waals surface area contributed by atoms with Gasteiger partial charge in [0.15, 0.2) is 0 Å². The van der Waals surface area contributed by atoms with Gasteiger partial charge in [-0.05, 0) is 30.7 Å². The van der Waals surface area contributed by atoms with Crippen LogP contribution in [0.1, 0.15) is 39.1 Å². The van der Waals surface area contributed by atoms with Crippen LogP contribution in [0.2, 0.25) is 0 Å². The predicted molar refractivity (Wildman–Crippen MR) is 121 cm³/mol. The molecule has 1 aromatic heterocycles. The summed E-state index contributed by atoms with van der Waals surface area (Å²) in [5.41, 5.74) is 1.69. The Kier molecular flexibility index (Phi) is 6.39. The lowest BCUT2D eigenvalue weighted by Crippen LogP contribution is -2.31. The molecule has 170 valence electrons. The van der Waals surface area contributed by atoms with Crippen molar-refractivity contribution in [2.75, 3.05) is 26.1 Å². The molecule has 0 unspecified atom stereocenters. The van der Waals surface area contributed by atoms with E-state index in [0.29, 0.717) is 41.4 Å². The number of nitrogens with one attached hydrogen (secondary N) is 1. The summed E-state index contributed by atoms with van der Waals surface area (Å²) in [5, 5.41) is 7.13. The molecule has 9 heteroatoms. The van der Waals surface area contributed by atoms with Crippen LogP contribution in [-0.4, -0.2) is 53.2 Å². The van der Waals surface area contributed by atoms with Gasteiger partial charge in [-0.25, -0.2) is 4.68 Å². The van der Waals surface area contributed by atoms with Crippen LogP contribution in [-0.2, 0) is 11.3 Å². The third-order valence-corrected chi connectivity index (χ3v) is 5.46. The first-order valence-electron chi connectivity index (χ1n) is 10.5. The van der Waals surface area contributed by atoms with E-state index in [1.807, 2.05) is 12.1 Å². The second-order valence-electron chi connectivity index (χ2n) is 7.51.